The maximum absolute atomic E-state index is 12.6. The van der Waals surface area contributed by atoms with Crippen LogP contribution in [-0.4, -0.2) is 38.0 Å². The number of ether oxygens (including phenoxy) is 1. The molecule has 0 bridgehead atoms. The standard InChI is InChI=1S/C14H21NO4S/c1-10-7-15(8-11(10)2)20(17,18)13-4-5-14(19-3)12(6-13)9-16/h4-6,10-11,16H,7-9H2,1-3H3. The average Bonchev–Trinajstić information content (AvgIpc) is 2.78. The first kappa shape index (κ1) is 15.3. The summed E-state index contributed by atoms with van der Waals surface area (Å²) in [6.07, 6.45) is 0. The molecule has 2 atom stereocenters. The predicted molar refractivity (Wildman–Crippen MR) is 76.0 cm³/mol. The van der Waals surface area contributed by atoms with E-state index in [1.54, 1.807) is 6.07 Å². The Kier molecular flexibility index (Phi) is 4.36. The maximum atomic E-state index is 12.6. The molecule has 0 aromatic heterocycles. The summed E-state index contributed by atoms with van der Waals surface area (Å²) in [7, 11) is -2.00. The smallest absolute Gasteiger partial charge is 0.243 e. The SMILES string of the molecule is COc1ccc(S(=O)(=O)N2CC(C)C(C)C2)cc1CO. The molecule has 0 aliphatic carbocycles. The second kappa shape index (κ2) is 5.71. The average molecular weight is 299 g/mol. The van der Waals surface area contributed by atoms with Crippen molar-refractivity contribution in [3.8, 4) is 5.75 Å². The van der Waals surface area contributed by atoms with Gasteiger partial charge < -0.3 is 9.84 Å². The largest absolute Gasteiger partial charge is 0.496 e. The summed E-state index contributed by atoms with van der Waals surface area (Å²) in [6, 6.07) is 4.60. The molecular formula is C14H21NO4S. The molecule has 1 fully saturated rings. The molecule has 0 saturated carbocycles. The number of hydrogen-bond donors (Lipinski definition) is 1. The van der Waals surface area contributed by atoms with Gasteiger partial charge in [0.25, 0.3) is 0 Å². The number of benzene rings is 1. The topological polar surface area (TPSA) is 66.8 Å². The fourth-order valence-corrected chi connectivity index (χ4v) is 4.15. The van der Waals surface area contributed by atoms with Crippen LogP contribution in [0.25, 0.3) is 0 Å². The van der Waals surface area contributed by atoms with Crippen LogP contribution in [0, 0.1) is 11.8 Å². The first-order chi connectivity index (χ1) is 9.40. The van der Waals surface area contributed by atoms with Crippen LogP contribution < -0.4 is 4.74 Å². The van der Waals surface area contributed by atoms with E-state index in [0.717, 1.165) is 0 Å². The Morgan fingerprint density at radius 1 is 1.30 bits per heavy atom. The van der Waals surface area contributed by atoms with Crippen molar-refractivity contribution in [2.24, 2.45) is 11.8 Å². The Morgan fingerprint density at radius 3 is 2.40 bits per heavy atom. The molecule has 1 aliphatic rings. The van der Waals surface area contributed by atoms with Crippen molar-refractivity contribution in [2.45, 2.75) is 25.3 Å². The van der Waals surface area contributed by atoms with Crippen molar-refractivity contribution in [3.05, 3.63) is 23.8 Å². The molecule has 1 saturated heterocycles. The Balaban J connectivity index is 2.35. The molecule has 1 aliphatic heterocycles. The number of sulfonamides is 1. The van der Waals surface area contributed by atoms with Crippen molar-refractivity contribution >= 4 is 10.0 Å². The van der Waals surface area contributed by atoms with Crippen LogP contribution in [-0.2, 0) is 16.6 Å². The monoisotopic (exact) mass is 299 g/mol. The molecule has 1 N–H and O–H groups in total. The van der Waals surface area contributed by atoms with Gasteiger partial charge in [-0.2, -0.15) is 4.31 Å². The van der Waals surface area contributed by atoms with Crippen LogP contribution in [0.2, 0.25) is 0 Å². The quantitative estimate of drug-likeness (QED) is 0.914. The van der Waals surface area contributed by atoms with Gasteiger partial charge in [-0.05, 0) is 30.0 Å². The van der Waals surface area contributed by atoms with Crippen molar-refractivity contribution < 1.29 is 18.3 Å². The van der Waals surface area contributed by atoms with Crippen molar-refractivity contribution in [1.29, 1.82) is 0 Å². The van der Waals surface area contributed by atoms with Gasteiger partial charge in [0, 0.05) is 18.7 Å². The summed E-state index contributed by atoms with van der Waals surface area (Å²) in [5.41, 5.74) is 0.480. The van der Waals surface area contributed by atoms with E-state index in [1.165, 1.54) is 23.5 Å². The van der Waals surface area contributed by atoms with E-state index in [2.05, 4.69) is 13.8 Å². The highest BCUT2D eigenvalue weighted by Gasteiger charge is 2.35. The Morgan fingerprint density at radius 2 is 1.90 bits per heavy atom. The molecule has 0 radical (unpaired) electrons. The number of nitrogens with zero attached hydrogens (tertiary/aromatic N) is 1. The summed E-state index contributed by atoms with van der Waals surface area (Å²) in [6.45, 7) is 4.97. The van der Waals surface area contributed by atoms with Gasteiger partial charge in [-0.25, -0.2) is 8.42 Å². The Hall–Kier alpha value is -1.11. The van der Waals surface area contributed by atoms with Crippen molar-refractivity contribution in [1.82, 2.24) is 4.31 Å². The van der Waals surface area contributed by atoms with Crippen LogP contribution >= 0.6 is 0 Å². The highest BCUT2D eigenvalue weighted by molar-refractivity contribution is 7.89. The Bertz CT molecular complexity index is 575. The van der Waals surface area contributed by atoms with Crippen LogP contribution in [0.1, 0.15) is 19.4 Å². The molecule has 2 unspecified atom stereocenters. The molecule has 0 spiro atoms. The molecule has 1 heterocycles. The summed E-state index contributed by atoms with van der Waals surface area (Å²) in [5.74, 6) is 1.22. The van der Waals surface area contributed by atoms with E-state index in [1.807, 2.05) is 0 Å². The predicted octanol–water partition coefficient (Wildman–Crippen LogP) is 1.46. The zero-order valence-electron chi connectivity index (χ0n) is 12.0. The normalized spacial score (nSPS) is 24.0. The van der Waals surface area contributed by atoms with Gasteiger partial charge in [-0.1, -0.05) is 13.8 Å². The molecule has 112 valence electrons. The van der Waals surface area contributed by atoms with Gasteiger partial charge in [0.2, 0.25) is 10.0 Å². The minimum Gasteiger partial charge on any atom is -0.496 e. The van der Waals surface area contributed by atoms with E-state index < -0.39 is 10.0 Å². The number of hydrogen-bond acceptors (Lipinski definition) is 4. The van der Waals surface area contributed by atoms with Gasteiger partial charge in [0.15, 0.2) is 0 Å². The third-order valence-electron chi connectivity index (χ3n) is 4.01. The first-order valence-electron chi connectivity index (χ1n) is 6.68. The molecule has 1 aromatic carbocycles. The fraction of sp³-hybridized carbons (Fsp3) is 0.571. The first-order valence-corrected chi connectivity index (χ1v) is 8.12. The minimum atomic E-state index is -3.50. The molecule has 2 rings (SSSR count). The second-order valence-corrected chi connectivity index (χ2v) is 7.35. The maximum Gasteiger partial charge on any atom is 0.243 e. The lowest BCUT2D eigenvalue weighted by Gasteiger charge is -2.17. The number of aliphatic hydroxyl groups excluding tert-OH is 1. The highest BCUT2D eigenvalue weighted by atomic mass is 32.2. The second-order valence-electron chi connectivity index (χ2n) is 5.41. The van der Waals surface area contributed by atoms with Crippen molar-refractivity contribution in [2.75, 3.05) is 20.2 Å². The van der Waals surface area contributed by atoms with Gasteiger partial charge in [0.1, 0.15) is 5.75 Å². The Labute approximate surface area is 120 Å². The molecule has 0 amide bonds. The highest BCUT2D eigenvalue weighted by Crippen LogP contribution is 2.30. The van der Waals surface area contributed by atoms with Crippen molar-refractivity contribution in [3.63, 3.8) is 0 Å². The van der Waals surface area contributed by atoms with E-state index in [0.29, 0.717) is 36.2 Å². The van der Waals surface area contributed by atoms with Gasteiger partial charge >= 0.3 is 0 Å². The lowest BCUT2D eigenvalue weighted by molar-refractivity contribution is 0.273. The van der Waals surface area contributed by atoms with Crippen LogP contribution in [0.4, 0.5) is 0 Å². The summed E-state index contributed by atoms with van der Waals surface area (Å²) >= 11 is 0. The summed E-state index contributed by atoms with van der Waals surface area (Å²) < 4.78 is 31.8. The third kappa shape index (κ3) is 2.68. The molecule has 6 heteroatoms. The minimum absolute atomic E-state index is 0.212. The zero-order chi connectivity index (χ0) is 14.9. The summed E-state index contributed by atoms with van der Waals surface area (Å²) in [5, 5.41) is 9.30. The van der Waals surface area contributed by atoms with Gasteiger partial charge in [-0.3, -0.25) is 0 Å². The molecule has 20 heavy (non-hydrogen) atoms. The molecule has 5 nitrogen and oxygen atoms in total. The van der Waals surface area contributed by atoms with Crippen LogP contribution in [0.3, 0.4) is 0 Å². The molecular weight excluding hydrogens is 278 g/mol. The lowest BCUT2D eigenvalue weighted by Crippen LogP contribution is -2.29. The van der Waals surface area contributed by atoms with E-state index in [9.17, 15) is 13.5 Å². The van der Waals surface area contributed by atoms with Crippen LogP contribution in [0.15, 0.2) is 23.1 Å². The zero-order valence-corrected chi connectivity index (χ0v) is 12.9. The van der Waals surface area contributed by atoms with E-state index in [4.69, 9.17) is 4.74 Å². The lowest BCUT2D eigenvalue weighted by atomic mass is 10.0. The summed E-state index contributed by atoms with van der Waals surface area (Å²) in [4.78, 5) is 0.212. The van der Waals surface area contributed by atoms with E-state index >= 15 is 0 Å². The number of methoxy groups -OCH3 is 1. The van der Waals surface area contributed by atoms with Crippen LogP contribution in [0.5, 0.6) is 5.75 Å². The van der Waals surface area contributed by atoms with Gasteiger partial charge in [-0.15, -0.1) is 0 Å². The van der Waals surface area contributed by atoms with Gasteiger partial charge in [0.05, 0.1) is 18.6 Å². The molecule has 1 aromatic rings. The van der Waals surface area contributed by atoms with E-state index in [-0.39, 0.29) is 11.5 Å². The third-order valence-corrected chi connectivity index (χ3v) is 5.84. The number of rotatable bonds is 4. The number of aliphatic hydroxyl groups is 1. The fourth-order valence-electron chi connectivity index (χ4n) is 2.46.